The summed E-state index contributed by atoms with van der Waals surface area (Å²) < 4.78 is 25.6. The Labute approximate surface area is 101 Å². The zero-order valence-electron chi connectivity index (χ0n) is 9.19. The number of aromatic nitrogens is 2. The van der Waals surface area contributed by atoms with Crippen LogP contribution in [0.15, 0.2) is 17.6 Å². The highest BCUT2D eigenvalue weighted by molar-refractivity contribution is 7.89. The van der Waals surface area contributed by atoms with Gasteiger partial charge in [-0.15, -0.1) is 11.6 Å². The van der Waals surface area contributed by atoms with Crippen molar-refractivity contribution in [1.82, 2.24) is 14.3 Å². The van der Waals surface area contributed by atoms with E-state index < -0.39 is 10.0 Å². The van der Waals surface area contributed by atoms with Gasteiger partial charge in [-0.05, 0) is 6.42 Å². The van der Waals surface area contributed by atoms with Crippen LogP contribution in [0.4, 0.5) is 0 Å². The molecule has 0 aromatic carbocycles. The molecule has 0 aliphatic rings. The van der Waals surface area contributed by atoms with Gasteiger partial charge in [-0.2, -0.15) is 4.31 Å². The fourth-order valence-corrected chi connectivity index (χ4v) is 2.98. The minimum atomic E-state index is -3.46. The van der Waals surface area contributed by atoms with Gasteiger partial charge < -0.3 is 4.98 Å². The molecular weight excluding hydrogens is 250 g/mol. The number of rotatable bonds is 7. The summed E-state index contributed by atoms with van der Waals surface area (Å²) in [5.74, 6) is 0.289. The Kier molecular flexibility index (Phi) is 5.24. The first-order valence-corrected chi connectivity index (χ1v) is 7.15. The quantitative estimate of drug-likeness (QED) is 0.759. The average molecular weight is 266 g/mol. The van der Waals surface area contributed by atoms with Crippen molar-refractivity contribution < 1.29 is 8.42 Å². The molecule has 1 heterocycles. The number of imidazole rings is 1. The number of unbranched alkanes of at least 4 members (excludes halogenated alkanes) is 1. The van der Waals surface area contributed by atoms with E-state index in [-0.39, 0.29) is 10.9 Å². The largest absolute Gasteiger partial charge is 0.335 e. The summed E-state index contributed by atoms with van der Waals surface area (Å²) in [6.45, 7) is 2.83. The van der Waals surface area contributed by atoms with Gasteiger partial charge in [0, 0.05) is 19.0 Å². The third-order valence-corrected chi connectivity index (χ3v) is 4.18. The van der Waals surface area contributed by atoms with Crippen molar-refractivity contribution in [3.8, 4) is 0 Å². The Morgan fingerprint density at radius 3 is 2.75 bits per heavy atom. The lowest BCUT2D eigenvalue weighted by atomic mass is 10.3. The zero-order valence-corrected chi connectivity index (χ0v) is 10.8. The van der Waals surface area contributed by atoms with E-state index in [2.05, 4.69) is 9.97 Å². The Morgan fingerprint density at radius 2 is 2.25 bits per heavy atom. The third kappa shape index (κ3) is 3.20. The number of sulfonamides is 1. The Bertz CT molecular complexity index is 391. The standard InChI is InChI=1S/C9H16ClN3O2S/c1-2-3-5-13(6-4-10)16(14,15)9-7-11-8-12-9/h7-8H,2-6H2,1H3,(H,11,12). The summed E-state index contributed by atoms with van der Waals surface area (Å²) in [4.78, 5) is 6.33. The summed E-state index contributed by atoms with van der Waals surface area (Å²) in [6.07, 6.45) is 4.43. The molecule has 0 aliphatic carbocycles. The number of nitrogens with one attached hydrogen (secondary N) is 1. The smallest absolute Gasteiger partial charge is 0.260 e. The Hall–Kier alpha value is -0.590. The second-order valence-corrected chi connectivity index (χ2v) is 5.65. The number of hydrogen-bond donors (Lipinski definition) is 1. The first-order valence-electron chi connectivity index (χ1n) is 5.17. The molecule has 1 aromatic rings. The molecule has 1 N–H and O–H groups in total. The molecule has 92 valence electrons. The molecule has 0 aliphatic heterocycles. The van der Waals surface area contributed by atoms with E-state index >= 15 is 0 Å². The first kappa shape index (κ1) is 13.5. The van der Waals surface area contributed by atoms with Crippen LogP contribution in [0.5, 0.6) is 0 Å². The Balaban J connectivity index is 2.84. The molecule has 0 atom stereocenters. The van der Waals surface area contributed by atoms with Gasteiger partial charge >= 0.3 is 0 Å². The number of halogens is 1. The number of alkyl halides is 1. The first-order chi connectivity index (χ1) is 7.62. The van der Waals surface area contributed by atoms with Gasteiger partial charge in [-0.3, -0.25) is 0 Å². The summed E-state index contributed by atoms with van der Waals surface area (Å²) in [5.41, 5.74) is 0. The molecule has 7 heteroatoms. The highest BCUT2D eigenvalue weighted by atomic mass is 35.5. The van der Waals surface area contributed by atoms with E-state index in [9.17, 15) is 8.42 Å². The van der Waals surface area contributed by atoms with E-state index in [1.807, 2.05) is 6.92 Å². The Morgan fingerprint density at radius 1 is 1.50 bits per heavy atom. The van der Waals surface area contributed by atoms with E-state index in [0.29, 0.717) is 13.1 Å². The molecule has 0 saturated carbocycles. The molecule has 16 heavy (non-hydrogen) atoms. The van der Waals surface area contributed by atoms with E-state index in [4.69, 9.17) is 11.6 Å². The normalized spacial score (nSPS) is 12.2. The predicted molar refractivity (Wildman–Crippen MR) is 63.0 cm³/mol. The molecule has 0 saturated heterocycles. The van der Waals surface area contributed by atoms with Gasteiger partial charge in [0.25, 0.3) is 10.0 Å². The molecule has 0 radical (unpaired) electrons. The van der Waals surface area contributed by atoms with Crippen molar-refractivity contribution in [1.29, 1.82) is 0 Å². The number of aromatic amines is 1. The fourth-order valence-electron chi connectivity index (χ4n) is 1.30. The minimum absolute atomic E-state index is 0.119. The summed E-state index contributed by atoms with van der Waals surface area (Å²) in [6, 6.07) is 0. The minimum Gasteiger partial charge on any atom is -0.335 e. The monoisotopic (exact) mass is 265 g/mol. The van der Waals surface area contributed by atoms with Gasteiger partial charge in [0.15, 0.2) is 5.03 Å². The summed E-state index contributed by atoms with van der Waals surface area (Å²) in [5, 5.41) is 0.119. The van der Waals surface area contributed by atoms with Crippen molar-refractivity contribution in [2.24, 2.45) is 0 Å². The molecule has 0 spiro atoms. The van der Waals surface area contributed by atoms with Crippen LogP contribution in [0.25, 0.3) is 0 Å². The highest BCUT2D eigenvalue weighted by Gasteiger charge is 2.24. The third-order valence-electron chi connectivity index (χ3n) is 2.19. The maximum atomic E-state index is 12.1. The molecule has 0 bridgehead atoms. The summed E-state index contributed by atoms with van der Waals surface area (Å²) >= 11 is 5.61. The SMILES string of the molecule is CCCCN(CCCl)S(=O)(=O)c1cnc[nH]1. The van der Waals surface area contributed by atoms with E-state index in [1.54, 1.807) is 0 Å². The van der Waals surface area contributed by atoms with Crippen molar-refractivity contribution >= 4 is 21.6 Å². The average Bonchev–Trinajstić information content (AvgIpc) is 2.77. The van der Waals surface area contributed by atoms with Crippen LogP contribution in [0.2, 0.25) is 0 Å². The van der Waals surface area contributed by atoms with Crippen LogP contribution in [0.3, 0.4) is 0 Å². The van der Waals surface area contributed by atoms with Gasteiger partial charge in [-0.25, -0.2) is 13.4 Å². The van der Waals surface area contributed by atoms with Crippen LogP contribution in [-0.4, -0.2) is 41.7 Å². The molecular formula is C9H16ClN3O2S. The zero-order chi connectivity index (χ0) is 12.0. The van der Waals surface area contributed by atoms with Gasteiger partial charge in [0.2, 0.25) is 0 Å². The second-order valence-electron chi connectivity index (χ2n) is 3.36. The van der Waals surface area contributed by atoms with Crippen LogP contribution in [0.1, 0.15) is 19.8 Å². The molecule has 0 amide bonds. The van der Waals surface area contributed by atoms with Crippen molar-refractivity contribution in [3.63, 3.8) is 0 Å². The van der Waals surface area contributed by atoms with E-state index in [1.165, 1.54) is 16.8 Å². The summed E-state index contributed by atoms with van der Waals surface area (Å²) in [7, 11) is -3.46. The lowest BCUT2D eigenvalue weighted by molar-refractivity contribution is 0.418. The number of H-pyrrole nitrogens is 1. The molecule has 0 fully saturated rings. The maximum Gasteiger partial charge on any atom is 0.260 e. The highest BCUT2D eigenvalue weighted by Crippen LogP contribution is 2.13. The van der Waals surface area contributed by atoms with Crippen molar-refractivity contribution in [3.05, 3.63) is 12.5 Å². The lowest BCUT2D eigenvalue weighted by Gasteiger charge is -2.19. The van der Waals surface area contributed by atoms with Crippen molar-refractivity contribution in [2.75, 3.05) is 19.0 Å². The van der Waals surface area contributed by atoms with Gasteiger partial charge in [0.1, 0.15) is 0 Å². The van der Waals surface area contributed by atoms with Gasteiger partial charge in [-0.1, -0.05) is 13.3 Å². The second kappa shape index (κ2) is 6.22. The molecule has 1 rings (SSSR count). The number of hydrogen-bond acceptors (Lipinski definition) is 3. The molecule has 5 nitrogen and oxygen atoms in total. The van der Waals surface area contributed by atoms with Gasteiger partial charge in [0.05, 0.1) is 12.5 Å². The van der Waals surface area contributed by atoms with Crippen LogP contribution < -0.4 is 0 Å². The fraction of sp³-hybridized carbons (Fsp3) is 0.667. The number of nitrogens with zero attached hydrogens (tertiary/aromatic N) is 2. The van der Waals surface area contributed by atoms with Crippen molar-refractivity contribution in [2.45, 2.75) is 24.8 Å². The molecule has 0 unspecified atom stereocenters. The van der Waals surface area contributed by atoms with E-state index in [0.717, 1.165) is 12.8 Å². The predicted octanol–water partition coefficient (Wildman–Crippen LogP) is 1.44. The lowest BCUT2D eigenvalue weighted by Crippen LogP contribution is -2.33. The molecule has 1 aromatic heterocycles. The van der Waals surface area contributed by atoms with Crippen LogP contribution in [-0.2, 0) is 10.0 Å². The maximum absolute atomic E-state index is 12.1. The topological polar surface area (TPSA) is 66.1 Å². The van der Waals surface area contributed by atoms with Crippen LogP contribution in [0, 0.1) is 0 Å². The van der Waals surface area contributed by atoms with Crippen LogP contribution >= 0.6 is 11.6 Å².